The third kappa shape index (κ3) is 4.78. The molecule has 0 atom stereocenters. The van der Waals surface area contributed by atoms with E-state index in [0.29, 0.717) is 19.0 Å². The topological polar surface area (TPSA) is 49.6 Å². The Kier molecular flexibility index (Phi) is 5.54. The first-order valence-electron chi connectivity index (χ1n) is 7.46. The van der Waals surface area contributed by atoms with E-state index >= 15 is 0 Å². The second-order valence-corrected chi connectivity index (χ2v) is 5.41. The second-order valence-electron chi connectivity index (χ2n) is 5.41. The zero-order valence-electron chi connectivity index (χ0n) is 13.8. The quantitative estimate of drug-likeness (QED) is 0.658. The van der Waals surface area contributed by atoms with Crippen LogP contribution in [0.3, 0.4) is 0 Å². The molecule has 24 heavy (non-hydrogen) atoms. The summed E-state index contributed by atoms with van der Waals surface area (Å²) < 4.78 is 43.1. The van der Waals surface area contributed by atoms with Gasteiger partial charge in [0.2, 0.25) is 0 Å². The summed E-state index contributed by atoms with van der Waals surface area (Å²) in [5, 5.41) is 6.21. The number of alkyl halides is 3. The maximum atomic E-state index is 12.5. The van der Waals surface area contributed by atoms with Gasteiger partial charge in [-0.2, -0.15) is 13.2 Å². The van der Waals surface area contributed by atoms with Gasteiger partial charge in [0.25, 0.3) is 0 Å². The first-order valence-corrected chi connectivity index (χ1v) is 7.46. The van der Waals surface area contributed by atoms with E-state index in [2.05, 4.69) is 15.6 Å². The highest BCUT2D eigenvalue weighted by Crippen LogP contribution is 2.29. The minimum Gasteiger partial charge on any atom is -0.466 e. The molecule has 0 amide bonds. The Morgan fingerprint density at radius 3 is 2.21 bits per heavy atom. The van der Waals surface area contributed by atoms with Gasteiger partial charge in [-0.25, -0.2) is 0 Å². The maximum absolute atomic E-state index is 12.5. The van der Waals surface area contributed by atoms with Gasteiger partial charge in [-0.05, 0) is 37.6 Å². The number of nitrogens with zero attached hydrogens (tertiary/aromatic N) is 1. The highest BCUT2D eigenvalue weighted by atomic mass is 19.4. The van der Waals surface area contributed by atoms with E-state index in [0.717, 1.165) is 34.8 Å². The monoisotopic (exact) mass is 339 g/mol. The number of aryl methyl sites for hydroxylation is 2. The first kappa shape index (κ1) is 17.9. The normalized spacial score (nSPS) is 12.3. The van der Waals surface area contributed by atoms with Gasteiger partial charge in [0.15, 0.2) is 5.96 Å². The average molecular weight is 339 g/mol. The van der Waals surface area contributed by atoms with Crippen LogP contribution in [0.25, 0.3) is 0 Å². The number of furan rings is 1. The summed E-state index contributed by atoms with van der Waals surface area (Å²) >= 11 is 0. The molecule has 130 valence electrons. The molecule has 0 fully saturated rings. The van der Waals surface area contributed by atoms with Gasteiger partial charge >= 0.3 is 6.18 Å². The van der Waals surface area contributed by atoms with Gasteiger partial charge in [-0.15, -0.1) is 0 Å². The third-order valence-corrected chi connectivity index (χ3v) is 3.55. The van der Waals surface area contributed by atoms with E-state index in [1.165, 1.54) is 12.1 Å². The fraction of sp³-hybridized carbons (Fsp3) is 0.353. The Balaban J connectivity index is 1.88. The lowest BCUT2D eigenvalue weighted by Crippen LogP contribution is -2.36. The van der Waals surface area contributed by atoms with E-state index in [4.69, 9.17) is 4.42 Å². The minimum absolute atomic E-state index is 0.376. The lowest BCUT2D eigenvalue weighted by atomic mass is 10.1. The van der Waals surface area contributed by atoms with Gasteiger partial charge in [-0.3, -0.25) is 4.99 Å². The van der Waals surface area contributed by atoms with Crippen LogP contribution in [-0.4, -0.2) is 13.0 Å². The van der Waals surface area contributed by atoms with Crippen molar-refractivity contribution in [1.29, 1.82) is 0 Å². The summed E-state index contributed by atoms with van der Waals surface area (Å²) in [6.45, 7) is 4.70. The number of aliphatic imine (C=N–C) groups is 1. The molecule has 2 aromatic rings. The fourth-order valence-corrected chi connectivity index (χ4v) is 2.26. The highest BCUT2D eigenvalue weighted by Gasteiger charge is 2.29. The van der Waals surface area contributed by atoms with Crippen molar-refractivity contribution in [3.05, 3.63) is 58.5 Å². The minimum atomic E-state index is -4.32. The Morgan fingerprint density at radius 2 is 1.71 bits per heavy atom. The van der Waals surface area contributed by atoms with Crippen LogP contribution in [0.1, 0.15) is 28.2 Å². The molecular weight excluding hydrogens is 319 g/mol. The molecule has 0 spiro atoms. The van der Waals surface area contributed by atoms with E-state index < -0.39 is 11.7 Å². The smallest absolute Gasteiger partial charge is 0.416 e. The molecule has 1 heterocycles. The molecule has 0 radical (unpaired) electrons. The Labute approximate surface area is 138 Å². The van der Waals surface area contributed by atoms with Crippen molar-refractivity contribution in [3.8, 4) is 0 Å². The molecule has 0 saturated carbocycles. The molecule has 0 bridgehead atoms. The van der Waals surface area contributed by atoms with E-state index in [9.17, 15) is 13.2 Å². The SMILES string of the molecule is CN=C(NCc1ccc(C(F)(F)F)cc1)NCc1cc(C)oc1C. The summed E-state index contributed by atoms with van der Waals surface area (Å²) in [6.07, 6.45) is -4.32. The van der Waals surface area contributed by atoms with E-state index in [-0.39, 0.29) is 0 Å². The van der Waals surface area contributed by atoms with Gasteiger partial charge in [0.1, 0.15) is 11.5 Å². The number of hydrogen-bond acceptors (Lipinski definition) is 2. The molecule has 7 heteroatoms. The predicted octanol–water partition coefficient (Wildman–Crippen LogP) is 3.78. The van der Waals surface area contributed by atoms with Crippen LogP contribution in [0.15, 0.2) is 39.7 Å². The third-order valence-electron chi connectivity index (χ3n) is 3.55. The van der Waals surface area contributed by atoms with Crippen molar-refractivity contribution >= 4 is 5.96 Å². The van der Waals surface area contributed by atoms with Crippen molar-refractivity contribution in [2.45, 2.75) is 33.1 Å². The highest BCUT2D eigenvalue weighted by molar-refractivity contribution is 5.79. The summed E-state index contributed by atoms with van der Waals surface area (Å²) in [6, 6.07) is 7.00. The molecule has 0 aliphatic carbocycles. The molecule has 0 unspecified atom stereocenters. The Morgan fingerprint density at radius 1 is 1.08 bits per heavy atom. The number of nitrogens with one attached hydrogen (secondary N) is 2. The van der Waals surface area contributed by atoms with Crippen LogP contribution < -0.4 is 10.6 Å². The zero-order valence-corrected chi connectivity index (χ0v) is 13.8. The molecule has 0 saturated heterocycles. The number of rotatable bonds is 4. The second kappa shape index (κ2) is 7.42. The lowest BCUT2D eigenvalue weighted by molar-refractivity contribution is -0.137. The maximum Gasteiger partial charge on any atom is 0.416 e. The van der Waals surface area contributed by atoms with Gasteiger partial charge < -0.3 is 15.1 Å². The number of benzene rings is 1. The van der Waals surface area contributed by atoms with Crippen LogP contribution in [0.5, 0.6) is 0 Å². The average Bonchev–Trinajstić information content (AvgIpc) is 2.85. The van der Waals surface area contributed by atoms with Crippen LogP contribution in [0.4, 0.5) is 13.2 Å². The summed E-state index contributed by atoms with van der Waals surface area (Å²) in [5.41, 5.74) is 1.12. The van der Waals surface area contributed by atoms with Crippen LogP contribution >= 0.6 is 0 Å². The van der Waals surface area contributed by atoms with Crippen LogP contribution in [-0.2, 0) is 19.3 Å². The molecule has 2 N–H and O–H groups in total. The molecule has 1 aromatic carbocycles. The lowest BCUT2D eigenvalue weighted by Gasteiger charge is -2.12. The van der Waals surface area contributed by atoms with E-state index in [1.54, 1.807) is 7.05 Å². The standard InChI is InChI=1S/C17H20F3N3O/c1-11-8-14(12(2)24-11)10-23-16(21-3)22-9-13-4-6-15(7-5-13)17(18,19)20/h4-8H,9-10H2,1-3H3,(H2,21,22,23). The Bertz CT molecular complexity index is 703. The first-order chi connectivity index (χ1) is 11.3. The van der Waals surface area contributed by atoms with Crippen molar-refractivity contribution in [2.24, 2.45) is 4.99 Å². The Hall–Kier alpha value is -2.44. The van der Waals surface area contributed by atoms with Gasteiger partial charge in [-0.1, -0.05) is 12.1 Å². The van der Waals surface area contributed by atoms with Crippen LogP contribution in [0, 0.1) is 13.8 Å². The summed E-state index contributed by atoms with van der Waals surface area (Å²) in [4.78, 5) is 4.10. The van der Waals surface area contributed by atoms with Crippen molar-refractivity contribution < 1.29 is 17.6 Å². The van der Waals surface area contributed by atoms with Crippen LogP contribution in [0.2, 0.25) is 0 Å². The van der Waals surface area contributed by atoms with Gasteiger partial charge in [0, 0.05) is 25.7 Å². The zero-order chi connectivity index (χ0) is 17.7. The summed E-state index contributed by atoms with van der Waals surface area (Å²) in [7, 11) is 1.63. The van der Waals surface area contributed by atoms with Crippen molar-refractivity contribution in [2.75, 3.05) is 7.05 Å². The molecular formula is C17H20F3N3O. The molecule has 2 rings (SSSR count). The molecule has 4 nitrogen and oxygen atoms in total. The molecule has 0 aliphatic heterocycles. The molecule has 0 aliphatic rings. The largest absolute Gasteiger partial charge is 0.466 e. The van der Waals surface area contributed by atoms with Crippen molar-refractivity contribution in [3.63, 3.8) is 0 Å². The molecule has 1 aromatic heterocycles. The number of hydrogen-bond donors (Lipinski definition) is 2. The fourth-order valence-electron chi connectivity index (χ4n) is 2.26. The number of halogens is 3. The number of guanidine groups is 1. The van der Waals surface area contributed by atoms with Gasteiger partial charge in [0.05, 0.1) is 5.56 Å². The van der Waals surface area contributed by atoms with Crippen molar-refractivity contribution in [1.82, 2.24) is 10.6 Å². The predicted molar refractivity (Wildman–Crippen MR) is 86.7 cm³/mol. The van der Waals surface area contributed by atoms with E-state index in [1.807, 2.05) is 19.9 Å². The summed E-state index contributed by atoms with van der Waals surface area (Å²) in [5.74, 6) is 2.25.